The van der Waals surface area contributed by atoms with Crippen molar-refractivity contribution in [1.29, 1.82) is 0 Å². The molecule has 6 nitrogen and oxygen atoms in total. The maximum atomic E-state index is 13.1. The fraction of sp³-hybridized carbons (Fsp3) is 0.300. The van der Waals surface area contributed by atoms with E-state index in [1.807, 2.05) is 24.3 Å². The quantitative estimate of drug-likeness (QED) is 0.839. The van der Waals surface area contributed by atoms with Gasteiger partial charge in [-0.2, -0.15) is 0 Å². The highest BCUT2D eigenvalue weighted by Gasteiger charge is 2.39. The van der Waals surface area contributed by atoms with Crippen molar-refractivity contribution in [2.75, 3.05) is 41.4 Å². The Morgan fingerprint density at radius 3 is 2.22 bits per heavy atom. The zero-order valence-corrected chi connectivity index (χ0v) is 14.7. The molecule has 2 heterocycles. The SMILES string of the molecule is O=C1CC(Nc2ccc(N3CCOCC3)cc2)C(=O)N1c1ccc(F)cc1. The Hall–Kier alpha value is -2.93. The van der Waals surface area contributed by atoms with Crippen molar-refractivity contribution in [3.8, 4) is 0 Å². The lowest BCUT2D eigenvalue weighted by atomic mass is 10.2. The molecule has 0 saturated carbocycles. The number of nitrogens with one attached hydrogen (secondary N) is 1. The number of halogens is 1. The summed E-state index contributed by atoms with van der Waals surface area (Å²) < 4.78 is 18.4. The zero-order chi connectivity index (χ0) is 18.8. The number of ether oxygens (including phenoxy) is 1. The highest BCUT2D eigenvalue weighted by molar-refractivity contribution is 6.23. The first kappa shape index (κ1) is 17.5. The van der Waals surface area contributed by atoms with E-state index in [4.69, 9.17) is 4.74 Å². The molecule has 2 aliphatic heterocycles. The van der Waals surface area contributed by atoms with Crippen LogP contribution in [-0.2, 0) is 14.3 Å². The number of hydrogen-bond donors (Lipinski definition) is 1. The first-order chi connectivity index (χ1) is 13.1. The molecule has 0 bridgehead atoms. The predicted octanol–water partition coefficient (Wildman–Crippen LogP) is 2.41. The number of benzene rings is 2. The maximum absolute atomic E-state index is 13.1. The Kier molecular flexibility index (Phi) is 4.77. The first-order valence-corrected chi connectivity index (χ1v) is 8.93. The number of carbonyl (C=O) groups excluding carboxylic acids is 2. The molecule has 1 atom stereocenters. The minimum atomic E-state index is -0.628. The van der Waals surface area contributed by atoms with Crippen molar-refractivity contribution in [3.05, 3.63) is 54.3 Å². The second-order valence-electron chi connectivity index (χ2n) is 6.59. The van der Waals surface area contributed by atoms with Crippen molar-refractivity contribution < 1.29 is 18.7 Å². The van der Waals surface area contributed by atoms with E-state index in [2.05, 4.69) is 10.2 Å². The molecule has 2 aromatic carbocycles. The van der Waals surface area contributed by atoms with E-state index in [1.54, 1.807) is 0 Å². The summed E-state index contributed by atoms with van der Waals surface area (Å²) in [6, 6.07) is 12.5. The van der Waals surface area contributed by atoms with Gasteiger partial charge < -0.3 is 15.0 Å². The minimum absolute atomic E-state index is 0.0709. The summed E-state index contributed by atoms with van der Waals surface area (Å²) in [5.41, 5.74) is 2.27. The topological polar surface area (TPSA) is 61.9 Å². The van der Waals surface area contributed by atoms with Gasteiger partial charge in [-0.25, -0.2) is 9.29 Å². The number of carbonyl (C=O) groups is 2. The van der Waals surface area contributed by atoms with E-state index >= 15 is 0 Å². The first-order valence-electron chi connectivity index (χ1n) is 8.93. The zero-order valence-electron chi connectivity index (χ0n) is 14.7. The predicted molar refractivity (Wildman–Crippen MR) is 100 cm³/mol. The van der Waals surface area contributed by atoms with Crippen LogP contribution >= 0.6 is 0 Å². The average molecular weight is 369 g/mol. The molecule has 0 radical (unpaired) electrons. The van der Waals surface area contributed by atoms with Gasteiger partial charge in [0.2, 0.25) is 5.91 Å². The molecule has 2 amide bonds. The van der Waals surface area contributed by atoms with Gasteiger partial charge in [0.05, 0.1) is 25.3 Å². The fourth-order valence-corrected chi connectivity index (χ4v) is 3.40. The van der Waals surface area contributed by atoms with Gasteiger partial charge in [0.25, 0.3) is 5.91 Å². The second-order valence-corrected chi connectivity index (χ2v) is 6.59. The van der Waals surface area contributed by atoms with E-state index in [-0.39, 0.29) is 18.2 Å². The van der Waals surface area contributed by atoms with Crippen LogP contribution in [0.3, 0.4) is 0 Å². The van der Waals surface area contributed by atoms with Crippen LogP contribution in [0.5, 0.6) is 0 Å². The lowest BCUT2D eigenvalue weighted by molar-refractivity contribution is -0.121. The van der Waals surface area contributed by atoms with Crippen molar-refractivity contribution in [2.24, 2.45) is 0 Å². The van der Waals surface area contributed by atoms with Crippen LogP contribution in [0.1, 0.15) is 6.42 Å². The Labute approximate surface area is 156 Å². The van der Waals surface area contributed by atoms with Gasteiger partial charge in [0, 0.05) is 24.5 Å². The summed E-state index contributed by atoms with van der Waals surface area (Å²) >= 11 is 0. The molecule has 140 valence electrons. The fourth-order valence-electron chi connectivity index (χ4n) is 3.40. The van der Waals surface area contributed by atoms with Crippen molar-refractivity contribution in [2.45, 2.75) is 12.5 Å². The number of hydrogen-bond acceptors (Lipinski definition) is 5. The molecule has 2 aliphatic rings. The molecule has 0 aromatic heterocycles. The van der Waals surface area contributed by atoms with Gasteiger partial charge in [-0.05, 0) is 48.5 Å². The third-order valence-electron chi connectivity index (χ3n) is 4.82. The van der Waals surface area contributed by atoms with Crippen LogP contribution in [0.15, 0.2) is 48.5 Å². The van der Waals surface area contributed by atoms with E-state index in [1.165, 1.54) is 24.3 Å². The molecule has 0 spiro atoms. The molecule has 2 fully saturated rings. The molecule has 1 N–H and O–H groups in total. The maximum Gasteiger partial charge on any atom is 0.256 e. The molecule has 27 heavy (non-hydrogen) atoms. The third-order valence-corrected chi connectivity index (χ3v) is 4.82. The van der Waals surface area contributed by atoms with E-state index < -0.39 is 11.9 Å². The summed E-state index contributed by atoms with van der Waals surface area (Å²) in [4.78, 5) is 28.3. The van der Waals surface area contributed by atoms with Crippen LogP contribution in [0.4, 0.5) is 21.5 Å². The molecule has 0 aliphatic carbocycles. The number of anilines is 3. The summed E-state index contributed by atoms with van der Waals surface area (Å²) in [5.74, 6) is -1.04. The Balaban J connectivity index is 1.44. The number of rotatable bonds is 4. The molecule has 7 heteroatoms. The van der Waals surface area contributed by atoms with Crippen LogP contribution in [-0.4, -0.2) is 44.2 Å². The summed E-state index contributed by atoms with van der Waals surface area (Å²) in [6.45, 7) is 3.15. The van der Waals surface area contributed by atoms with Crippen LogP contribution in [0.25, 0.3) is 0 Å². The minimum Gasteiger partial charge on any atom is -0.378 e. The second kappa shape index (κ2) is 7.36. The molecule has 1 unspecified atom stereocenters. The van der Waals surface area contributed by atoms with Crippen molar-refractivity contribution in [1.82, 2.24) is 0 Å². The van der Waals surface area contributed by atoms with E-state index in [0.29, 0.717) is 5.69 Å². The normalized spacial score (nSPS) is 20.3. The van der Waals surface area contributed by atoms with Gasteiger partial charge in [0.15, 0.2) is 0 Å². The van der Waals surface area contributed by atoms with Gasteiger partial charge in [-0.1, -0.05) is 0 Å². The lowest BCUT2D eigenvalue weighted by Crippen LogP contribution is -2.36. The van der Waals surface area contributed by atoms with Crippen molar-refractivity contribution in [3.63, 3.8) is 0 Å². The van der Waals surface area contributed by atoms with Crippen LogP contribution in [0, 0.1) is 5.82 Å². The smallest absolute Gasteiger partial charge is 0.256 e. The standard InChI is InChI=1S/C20H20FN3O3/c21-14-1-5-17(6-2-14)24-19(25)13-18(20(24)26)22-15-3-7-16(8-4-15)23-9-11-27-12-10-23/h1-8,18,22H,9-13H2. The summed E-state index contributed by atoms with van der Waals surface area (Å²) in [6.07, 6.45) is 0.0709. The molecule has 2 saturated heterocycles. The number of morpholine rings is 1. The Morgan fingerprint density at radius 2 is 1.56 bits per heavy atom. The average Bonchev–Trinajstić information content (AvgIpc) is 2.97. The van der Waals surface area contributed by atoms with Crippen molar-refractivity contribution >= 4 is 28.9 Å². The van der Waals surface area contributed by atoms with Gasteiger partial charge >= 0.3 is 0 Å². The number of imide groups is 1. The highest BCUT2D eigenvalue weighted by Crippen LogP contribution is 2.26. The lowest BCUT2D eigenvalue weighted by Gasteiger charge is -2.29. The monoisotopic (exact) mass is 369 g/mol. The Bertz CT molecular complexity index is 833. The number of amides is 2. The summed E-state index contributed by atoms with van der Waals surface area (Å²) in [5, 5.41) is 3.13. The Morgan fingerprint density at radius 1 is 0.926 bits per heavy atom. The molecular weight excluding hydrogens is 349 g/mol. The number of nitrogens with zero attached hydrogens (tertiary/aromatic N) is 2. The third kappa shape index (κ3) is 3.64. The van der Waals surface area contributed by atoms with Gasteiger partial charge in [-0.15, -0.1) is 0 Å². The van der Waals surface area contributed by atoms with Gasteiger partial charge in [0.1, 0.15) is 11.9 Å². The highest BCUT2D eigenvalue weighted by atomic mass is 19.1. The van der Waals surface area contributed by atoms with E-state index in [9.17, 15) is 14.0 Å². The largest absolute Gasteiger partial charge is 0.378 e. The van der Waals surface area contributed by atoms with E-state index in [0.717, 1.165) is 42.6 Å². The summed E-state index contributed by atoms with van der Waals surface area (Å²) in [7, 11) is 0. The van der Waals surface area contributed by atoms with Crippen LogP contribution in [0.2, 0.25) is 0 Å². The molecular formula is C20H20FN3O3. The van der Waals surface area contributed by atoms with Crippen LogP contribution < -0.4 is 15.1 Å². The molecule has 4 rings (SSSR count). The van der Waals surface area contributed by atoms with Gasteiger partial charge in [-0.3, -0.25) is 9.59 Å². The molecule has 2 aromatic rings.